The monoisotopic (exact) mass is 417 g/mol. The topological polar surface area (TPSA) is 18.5 Å². The number of piperidine rings is 1. The molecule has 166 valence electrons. The molecule has 2 saturated heterocycles. The lowest BCUT2D eigenvalue weighted by Crippen LogP contribution is -2.50. The number of hydrogen-bond acceptors (Lipinski definition) is 3. The largest absolute Gasteiger partial charge is 0.374 e. The van der Waals surface area contributed by atoms with Gasteiger partial charge in [0.25, 0.3) is 0 Å². The van der Waals surface area contributed by atoms with E-state index >= 15 is 0 Å². The van der Waals surface area contributed by atoms with Crippen LogP contribution >= 0.6 is 0 Å². The number of fused-ring (bicyclic) bond motifs is 2. The van der Waals surface area contributed by atoms with Gasteiger partial charge in [-0.1, -0.05) is 61.5 Å². The van der Waals surface area contributed by atoms with Gasteiger partial charge in [-0.2, -0.15) is 0 Å². The third-order valence-electron chi connectivity index (χ3n) is 7.61. The quantitative estimate of drug-likeness (QED) is 0.533. The zero-order valence-corrected chi connectivity index (χ0v) is 19.3. The molecular formula is C28H39N3. The Morgan fingerprint density at radius 3 is 2.26 bits per heavy atom. The molecular weight excluding hydrogens is 378 g/mol. The maximum Gasteiger partial charge on any atom is 0.0363 e. The van der Waals surface area contributed by atoms with Gasteiger partial charge < -0.3 is 10.2 Å². The molecule has 2 bridgehead atoms. The summed E-state index contributed by atoms with van der Waals surface area (Å²) in [4.78, 5) is 5.27. The Kier molecular flexibility index (Phi) is 7.14. The Labute approximate surface area is 189 Å². The predicted molar refractivity (Wildman–Crippen MR) is 133 cm³/mol. The molecule has 0 aliphatic carbocycles. The van der Waals surface area contributed by atoms with Crippen LogP contribution in [-0.4, -0.2) is 49.7 Å². The molecule has 0 aromatic heterocycles. The van der Waals surface area contributed by atoms with Gasteiger partial charge in [-0.05, 0) is 56.3 Å². The van der Waals surface area contributed by atoms with E-state index in [1.54, 1.807) is 0 Å². The molecule has 2 unspecified atom stereocenters. The number of para-hydroxylation sites is 1. The van der Waals surface area contributed by atoms with Crippen LogP contribution in [0.25, 0.3) is 0 Å². The molecule has 2 aromatic rings. The lowest BCUT2D eigenvalue weighted by atomic mass is 9.78. The fraction of sp³-hybridized carbons (Fsp3) is 0.500. The van der Waals surface area contributed by atoms with E-state index < -0.39 is 0 Å². The first kappa shape index (κ1) is 22.1. The van der Waals surface area contributed by atoms with Crippen LogP contribution in [0.2, 0.25) is 0 Å². The standard InChI is InChI=1S/C28H39N3/c1-4-18-29-24-20-26-15-16-27(21-24)31(26)19-17-28(2,23-11-7-5-8-12-23)22-30(3)25-13-9-6-10-14-25/h4-14,24,26-27,29H,1,15-22H2,2-3H3/t24?,26?,27?,28-/m1/s1. The molecule has 0 saturated carbocycles. The fourth-order valence-corrected chi connectivity index (χ4v) is 5.88. The minimum Gasteiger partial charge on any atom is -0.374 e. The van der Waals surface area contributed by atoms with Crippen molar-refractivity contribution in [2.45, 2.75) is 62.6 Å². The molecule has 3 atom stereocenters. The lowest BCUT2D eigenvalue weighted by molar-refractivity contribution is 0.108. The molecule has 2 aromatic carbocycles. The van der Waals surface area contributed by atoms with Crippen LogP contribution in [0.3, 0.4) is 0 Å². The molecule has 0 amide bonds. The number of nitrogens with zero attached hydrogens (tertiary/aromatic N) is 2. The molecule has 2 aliphatic rings. The fourth-order valence-electron chi connectivity index (χ4n) is 5.88. The van der Waals surface area contributed by atoms with E-state index in [1.807, 2.05) is 6.08 Å². The highest BCUT2D eigenvalue weighted by Gasteiger charge is 2.41. The first-order chi connectivity index (χ1) is 15.1. The maximum absolute atomic E-state index is 3.87. The number of hydrogen-bond donors (Lipinski definition) is 1. The van der Waals surface area contributed by atoms with Crippen molar-refractivity contribution in [2.75, 3.05) is 31.6 Å². The minimum atomic E-state index is 0.114. The third kappa shape index (κ3) is 5.22. The average Bonchev–Trinajstić information content (AvgIpc) is 3.05. The normalized spacial score (nSPS) is 25.2. The van der Waals surface area contributed by atoms with Crippen molar-refractivity contribution < 1.29 is 0 Å². The van der Waals surface area contributed by atoms with Gasteiger partial charge in [0.2, 0.25) is 0 Å². The first-order valence-electron chi connectivity index (χ1n) is 12.0. The van der Waals surface area contributed by atoms with Gasteiger partial charge in [0, 0.05) is 49.4 Å². The van der Waals surface area contributed by atoms with E-state index in [0.717, 1.165) is 25.2 Å². The number of rotatable bonds is 10. The van der Waals surface area contributed by atoms with Crippen LogP contribution in [0.5, 0.6) is 0 Å². The molecule has 4 rings (SSSR count). The van der Waals surface area contributed by atoms with Crippen molar-refractivity contribution in [3.05, 3.63) is 78.9 Å². The first-order valence-corrected chi connectivity index (χ1v) is 12.0. The number of likely N-dealkylation sites (N-methyl/N-ethyl adjacent to an activating group) is 1. The van der Waals surface area contributed by atoms with Gasteiger partial charge in [0.15, 0.2) is 0 Å². The van der Waals surface area contributed by atoms with E-state index in [0.29, 0.717) is 6.04 Å². The summed E-state index contributed by atoms with van der Waals surface area (Å²) in [5, 5.41) is 3.68. The highest BCUT2D eigenvalue weighted by atomic mass is 15.2. The Morgan fingerprint density at radius 2 is 1.65 bits per heavy atom. The molecule has 31 heavy (non-hydrogen) atoms. The maximum atomic E-state index is 3.87. The number of benzene rings is 2. The zero-order chi connectivity index (χ0) is 21.7. The highest BCUT2D eigenvalue weighted by molar-refractivity contribution is 5.46. The minimum absolute atomic E-state index is 0.114. The molecule has 3 nitrogen and oxygen atoms in total. The molecule has 0 spiro atoms. The van der Waals surface area contributed by atoms with Crippen LogP contribution in [0.15, 0.2) is 73.3 Å². The number of nitrogens with one attached hydrogen (secondary N) is 1. The second-order valence-electron chi connectivity index (χ2n) is 9.86. The van der Waals surface area contributed by atoms with Crippen molar-refractivity contribution in [2.24, 2.45) is 0 Å². The summed E-state index contributed by atoms with van der Waals surface area (Å²) in [5.74, 6) is 0. The summed E-state index contributed by atoms with van der Waals surface area (Å²) in [5.41, 5.74) is 2.86. The van der Waals surface area contributed by atoms with Crippen LogP contribution in [0, 0.1) is 0 Å². The van der Waals surface area contributed by atoms with Gasteiger partial charge in [0.05, 0.1) is 0 Å². The van der Waals surface area contributed by atoms with Crippen LogP contribution in [0.4, 0.5) is 5.69 Å². The summed E-state index contributed by atoms with van der Waals surface area (Å²) in [6, 6.07) is 24.1. The van der Waals surface area contributed by atoms with Gasteiger partial charge in [0.1, 0.15) is 0 Å². The van der Waals surface area contributed by atoms with E-state index in [1.165, 1.54) is 49.9 Å². The lowest BCUT2D eigenvalue weighted by Gasteiger charge is -2.42. The summed E-state index contributed by atoms with van der Waals surface area (Å²) < 4.78 is 0. The van der Waals surface area contributed by atoms with E-state index in [9.17, 15) is 0 Å². The van der Waals surface area contributed by atoms with Crippen LogP contribution in [0.1, 0.15) is 44.6 Å². The van der Waals surface area contributed by atoms with Crippen molar-refractivity contribution in [1.82, 2.24) is 10.2 Å². The van der Waals surface area contributed by atoms with Crippen molar-refractivity contribution in [3.8, 4) is 0 Å². The van der Waals surface area contributed by atoms with E-state index in [2.05, 4.69) is 96.3 Å². The smallest absolute Gasteiger partial charge is 0.0363 e. The Bertz CT molecular complexity index is 807. The molecule has 0 radical (unpaired) electrons. The number of anilines is 1. The van der Waals surface area contributed by atoms with Gasteiger partial charge in [-0.15, -0.1) is 6.58 Å². The zero-order valence-electron chi connectivity index (χ0n) is 19.3. The van der Waals surface area contributed by atoms with Crippen molar-refractivity contribution in [1.29, 1.82) is 0 Å². The van der Waals surface area contributed by atoms with Crippen LogP contribution < -0.4 is 10.2 Å². The van der Waals surface area contributed by atoms with Gasteiger partial charge >= 0.3 is 0 Å². The van der Waals surface area contributed by atoms with E-state index in [-0.39, 0.29) is 5.41 Å². The summed E-state index contributed by atoms with van der Waals surface area (Å²) >= 11 is 0. The second kappa shape index (κ2) is 10.0. The summed E-state index contributed by atoms with van der Waals surface area (Å²) in [6.45, 7) is 9.47. The third-order valence-corrected chi connectivity index (χ3v) is 7.61. The highest BCUT2D eigenvalue weighted by Crippen LogP contribution is 2.38. The predicted octanol–water partition coefficient (Wildman–Crippen LogP) is 5.24. The Morgan fingerprint density at radius 1 is 1.03 bits per heavy atom. The van der Waals surface area contributed by atoms with Crippen molar-refractivity contribution >= 4 is 5.69 Å². The average molecular weight is 418 g/mol. The van der Waals surface area contributed by atoms with Gasteiger partial charge in [-0.25, -0.2) is 0 Å². The van der Waals surface area contributed by atoms with E-state index in [4.69, 9.17) is 0 Å². The Balaban J connectivity index is 1.45. The van der Waals surface area contributed by atoms with Crippen molar-refractivity contribution in [3.63, 3.8) is 0 Å². The molecule has 2 aliphatic heterocycles. The second-order valence-corrected chi connectivity index (χ2v) is 9.86. The van der Waals surface area contributed by atoms with Gasteiger partial charge in [-0.3, -0.25) is 4.90 Å². The summed E-state index contributed by atoms with van der Waals surface area (Å²) in [7, 11) is 2.23. The Hall–Kier alpha value is -2.10. The molecule has 3 heteroatoms. The summed E-state index contributed by atoms with van der Waals surface area (Å²) in [6.07, 6.45) is 8.48. The molecule has 1 N–H and O–H groups in total. The molecule has 2 fully saturated rings. The SMILES string of the molecule is C=CCNC1CC2CCC(C1)N2CC[C@](C)(CN(C)c1ccccc1)c1ccccc1. The molecule has 2 heterocycles. The van der Waals surface area contributed by atoms with Crippen LogP contribution in [-0.2, 0) is 5.41 Å².